The lowest BCUT2D eigenvalue weighted by atomic mass is 10.2. The first kappa shape index (κ1) is 11.4. The average molecular weight is 285 g/mol. The second-order valence-electron chi connectivity index (χ2n) is 4.21. The van der Waals surface area contributed by atoms with Gasteiger partial charge in [-0.25, -0.2) is 0 Å². The van der Waals surface area contributed by atoms with Crippen LogP contribution in [-0.2, 0) is 0 Å². The van der Waals surface area contributed by atoms with Crippen LogP contribution in [0.15, 0.2) is 22.7 Å². The van der Waals surface area contributed by atoms with E-state index in [1.54, 1.807) is 12.1 Å². The maximum atomic E-state index is 10.9. The fourth-order valence-electron chi connectivity index (χ4n) is 1.75. The average Bonchev–Trinajstić information content (AvgIpc) is 3.01. The molecule has 0 heterocycles. The highest BCUT2D eigenvalue weighted by atomic mass is 79.9. The van der Waals surface area contributed by atoms with Gasteiger partial charge in [-0.1, -0.05) is 15.9 Å². The van der Waals surface area contributed by atoms with Crippen molar-refractivity contribution in [2.75, 3.05) is 18.5 Å². The van der Waals surface area contributed by atoms with Crippen molar-refractivity contribution >= 4 is 27.3 Å². The fraction of sp³-hybridized carbons (Fsp3) is 0.455. The lowest BCUT2D eigenvalue weighted by molar-refractivity contribution is -0.384. The molecule has 1 saturated carbocycles. The molecule has 0 bridgehead atoms. The van der Waals surface area contributed by atoms with Crippen LogP contribution >= 0.6 is 15.9 Å². The molecule has 0 aromatic heterocycles. The Bertz CT molecular complexity index is 418. The maximum Gasteiger partial charge on any atom is 0.293 e. The zero-order chi connectivity index (χ0) is 11.7. The van der Waals surface area contributed by atoms with Crippen LogP contribution in [0, 0.1) is 16.0 Å². The largest absolute Gasteiger partial charge is 0.369 e. The van der Waals surface area contributed by atoms with Gasteiger partial charge in [0, 0.05) is 24.1 Å². The molecular weight excluding hydrogens is 272 g/mol. The summed E-state index contributed by atoms with van der Waals surface area (Å²) in [6, 6.07) is 5.19. The van der Waals surface area contributed by atoms with Gasteiger partial charge in [-0.05, 0) is 30.9 Å². The molecule has 16 heavy (non-hydrogen) atoms. The van der Waals surface area contributed by atoms with Crippen molar-refractivity contribution in [3.63, 3.8) is 0 Å². The molecular formula is C11H13BrN2O2. The fourth-order valence-corrected chi connectivity index (χ4v) is 2.10. The van der Waals surface area contributed by atoms with Crippen LogP contribution in [0.1, 0.15) is 12.8 Å². The summed E-state index contributed by atoms with van der Waals surface area (Å²) in [5.41, 5.74) is 0.859. The smallest absolute Gasteiger partial charge is 0.293 e. The Labute approximate surface area is 103 Å². The van der Waals surface area contributed by atoms with Crippen molar-refractivity contribution in [3.05, 3.63) is 32.8 Å². The van der Waals surface area contributed by atoms with E-state index in [9.17, 15) is 10.1 Å². The van der Waals surface area contributed by atoms with E-state index < -0.39 is 0 Å². The molecule has 86 valence electrons. The van der Waals surface area contributed by atoms with Crippen molar-refractivity contribution < 1.29 is 4.92 Å². The Kier molecular flexibility index (Phi) is 3.14. The molecule has 0 N–H and O–H groups in total. The minimum atomic E-state index is -0.330. The van der Waals surface area contributed by atoms with Gasteiger partial charge < -0.3 is 4.90 Å². The van der Waals surface area contributed by atoms with Gasteiger partial charge in [-0.3, -0.25) is 10.1 Å². The molecule has 5 heteroatoms. The van der Waals surface area contributed by atoms with Gasteiger partial charge in [0.2, 0.25) is 0 Å². The zero-order valence-electron chi connectivity index (χ0n) is 9.02. The third kappa shape index (κ3) is 2.52. The van der Waals surface area contributed by atoms with Crippen LogP contribution in [-0.4, -0.2) is 18.5 Å². The molecule has 2 rings (SSSR count). The van der Waals surface area contributed by atoms with Crippen LogP contribution < -0.4 is 4.90 Å². The first-order valence-electron chi connectivity index (χ1n) is 5.23. The molecule has 1 aromatic carbocycles. The van der Waals surface area contributed by atoms with Gasteiger partial charge >= 0.3 is 0 Å². The summed E-state index contributed by atoms with van der Waals surface area (Å²) in [5.74, 6) is 0.716. The third-order valence-corrected chi connectivity index (χ3v) is 3.27. The molecule has 1 aliphatic carbocycles. The van der Waals surface area contributed by atoms with E-state index in [0.717, 1.165) is 11.0 Å². The predicted molar refractivity (Wildman–Crippen MR) is 66.8 cm³/mol. The Hall–Kier alpha value is -1.10. The van der Waals surface area contributed by atoms with E-state index in [-0.39, 0.29) is 10.6 Å². The molecule has 1 fully saturated rings. The summed E-state index contributed by atoms with van der Waals surface area (Å²) in [7, 11) is 1.91. The molecule has 0 aliphatic heterocycles. The van der Waals surface area contributed by atoms with Gasteiger partial charge in [-0.15, -0.1) is 0 Å². The number of nitro groups is 1. The van der Waals surface area contributed by atoms with E-state index in [1.807, 2.05) is 18.0 Å². The topological polar surface area (TPSA) is 46.4 Å². The van der Waals surface area contributed by atoms with Crippen molar-refractivity contribution in [1.82, 2.24) is 0 Å². The number of anilines is 1. The van der Waals surface area contributed by atoms with Gasteiger partial charge in [0.05, 0.1) is 4.92 Å². The standard InChI is InChI=1S/C11H13BrN2O2/c1-13(7-8-2-3-8)10-5-4-9(12)6-11(10)14(15)16/h4-6,8H,2-3,7H2,1H3. The highest BCUT2D eigenvalue weighted by Gasteiger charge is 2.25. The van der Waals surface area contributed by atoms with E-state index >= 15 is 0 Å². The van der Waals surface area contributed by atoms with Crippen molar-refractivity contribution in [1.29, 1.82) is 0 Å². The summed E-state index contributed by atoms with van der Waals surface area (Å²) in [6.45, 7) is 0.905. The van der Waals surface area contributed by atoms with Crippen LogP contribution in [0.3, 0.4) is 0 Å². The third-order valence-electron chi connectivity index (χ3n) is 2.77. The molecule has 0 radical (unpaired) electrons. The van der Waals surface area contributed by atoms with E-state index in [1.165, 1.54) is 12.8 Å². The second kappa shape index (κ2) is 4.41. The van der Waals surface area contributed by atoms with Crippen molar-refractivity contribution in [2.45, 2.75) is 12.8 Å². The van der Waals surface area contributed by atoms with Crippen LogP contribution in [0.5, 0.6) is 0 Å². The summed E-state index contributed by atoms with van der Waals surface area (Å²) in [4.78, 5) is 12.6. The normalized spacial score (nSPS) is 14.9. The zero-order valence-corrected chi connectivity index (χ0v) is 10.6. The Morgan fingerprint density at radius 3 is 2.81 bits per heavy atom. The number of benzene rings is 1. The molecule has 4 nitrogen and oxygen atoms in total. The summed E-state index contributed by atoms with van der Waals surface area (Å²) in [6.07, 6.45) is 2.49. The quantitative estimate of drug-likeness (QED) is 0.630. The molecule has 0 unspecified atom stereocenters. The van der Waals surface area contributed by atoms with Gasteiger partial charge in [0.15, 0.2) is 0 Å². The van der Waals surface area contributed by atoms with E-state index in [4.69, 9.17) is 0 Å². The van der Waals surface area contributed by atoms with Crippen LogP contribution in [0.25, 0.3) is 0 Å². The van der Waals surface area contributed by atoms with Gasteiger partial charge in [0.1, 0.15) is 5.69 Å². The summed E-state index contributed by atoms with van der Waals surface area (Å²) >= 11 is 3.25. The number of hydrogen-bond acceptors (Lipinski definition) is 3. The number of halogens is 1. The highest BCUT2D eigenvalue weighted by molar-refractivity contribution is 9.10. The lowest BCUT2D eigenvalue weighted by Crippen LogP contribution is -2.20. The van der Waals surface area contributed by atoms with Crippen LogP contribution in [0.2, 0.25) is 0 Å². The number of nitrogens with zero attached hydrogens (tertiary/aromatic N) is 2. The Morgan fingerprint density at radius 1 is 1.56 bits per heavy atom. The summed E-state index contributed by atoms with van der Waals surface area (Å²) in [5, 5.41) is 10.9. The molecule has 1 aromatic rings. The number of hydrogen-bond donors (Lipinski definition) is 0. The SMILES string of the molecule is CN(CC1CC1)c1ccc(Br)cc1[N+](=O)[O-]. The maximum absolute atomic E-state index is 10.9. The molecule has 0 saturated heterocycles. The Morgan fingerprint density at radius 2 is 2.25 bits per heavy atom. The first-order chi connectivity index (χ1) is 7.58. The molecule has 0 spiro atoms. The van der Waals surface area contributed by atoms with Crippen molar-refractivity contribution in [2.24, 2.45) is 5.92 Å². The predicted octanol–water partition coefficient (Wildman–Crippen LogP) is 3.20. The Balaban J connectivity index is 2.26. The highest BCUT2D eigenvalue weighted by Crippen LogP contribution is 2.35. The lowest BCUT2D eigenvalue weighted by Gasteiger charge is -2.18. The minimum absolute atomic E-state index is 0.164. The number of nitro benzene ring substituents is 1. The second-order valence-corrected chi connectivity index (χ2v) is 5.13. The van der Waals surface area contributed by atoms with Gasteiger partial charge in [0.25, 0.3) is 5.69 Å². The number of rotatable bonds is 4. The van der Waals surface area contributed by atoms with E-state index in [2.05, 4.69) is 15.9 Å². The molecule has 1 aliphatic rings. The van der Waals surface area contributed by atoms with Gasteiger partial charge in [-0.2, -0.15) is 0 Å². The van der Waals surface area contributed by atoms with E-state index in [0.29, 0.717) is 11.6 Å². The van der Waals surface area contributed by atoms with Crippen molar-refractivity contribution in [3.8, 4) is 0 Å². The molecule has 0 atom stereocenters. The minimum Gasteiger partial charge on any atom is -0.369 e. The first-order valence-corrected chi connectivity index (χ1v) is 6.02. The molecule has 0 amide bonds. The van der Waals surface area contributed by atoms with Crippen LogP contribution in [0.4, 0.5) is 11.4 Å². The monoisotopic (exact) mass is 284 g/mol. The summed E-state index contributed by atoms with van der Waals surface area (Å²) < 4.78 is 0.739.